The van der Waals surface area contributed by atoms with E-state index >= 15 is 0 Å². The van der Waals surface area contributed by atoms with Crippen LogP contribution in [0.1, 0.15) is 10.4 Å². The predicted octanol–water partition coefficient (Wildman–Crippen LogP) is 3.65. The number of nitrogens with zero attached hydrogens (tertiary/aromatic N) is 1. The van der Waals surface area contributed by atoms with E-state index < -0.39 is 0 Å². The zero-order valence-corrected chi connectivity index (χ0v) is 13.6. The molecule has 0 fully saturated rings. The predicted molar refractivity (Wildman–Crippen MR) is 86.0 cm³/mol. The minimum Gasteiger partial charge on any atom is -0.374 e. The molecular formula is C15H14BrFN2OS. The Labute approximate surface area is 134 Å². The molecule has 0 saturated carbocycles. The van der Waals surface area contributed by atoms with Gasteiger partial charge in [-0.2, -0.15) is 0 Å². The number of thiophene rings is 1. The summed E-state index contributed by atoms with van der Waals surface area (Å²) < 4.78 is 14.4. The number of hydrogen-bond acceptors (Lipinski definition) is 3. The fourth-order valence-electron chi connectivity index (χ4n) is 2.38. The molecule has 1 aliphatic heterocycles. The molecule has 0 atom stereocenters. The molecule has 3 nitrogen and oxygen atoms in total. The summed E-state index contributed by atoms with van der Waals surface area (Å²) in [6.45, 7) is 1.50. The number of halogens is 2. The highest BCUT2D eigenvalue weighted by molar-refractivity contribution is 9.10. The Morgan fingerprint density at radius 3 is 3.10 bits per heavy atom. The van der Waals surface area contributed by atoms with Crippen molar-refractivity contribution in [2.45, 2.75) is 13.0 Å². The van der Waals surface area contributed by atoms with Crippen LogP contribution in [0, 0.1) is 5.82 Å². The molecule has 2 heterocycles. The Morgan fingerprint density at radius 2 is 2.29 bits per heavy atom. The van der Waals surface area contributed by atoms with Gasteiger partial charge in [0.25, 0.3) is 0 Å². The van der Waals surface area contributed by atoms with E-state index in [1.807, 2.05) is 4.90 Å². The summed E-state index contributed by atoms with van der Waals surface area (Å²) >= 11 is 4.95. The topological polar surface area (TPSA) is 32.3 Å². The Morgan fingerprint density at radius 1 is 1.43 bits per heavy atom. The van der Waals surface area contributed by atoms with Crippen molar-refractivity contribution in [1.29, 1.82) is 0 Å². The lowest BCUT2D eigenvalue weighted by atomic mass is 10.1. The maximum absolute atomic E-state index is 13.7. The number of rotatable bonds is 3. The van der Waals surface area contributed by atoms with Gasteiger partial charge in [-0.05, 0) is 41.6 Å². The van der Waals surface area contributed by atoms with E-state index in [0.29, 0.717) is 16.7 Å². The van der Waals surface area contributed by atoms with Crippen LogP contribution in [0.5, 0.6) is 0 Å². The second-order valence-corrected chi connectivity index (χ2v) is 6.83. The molecule has 0 unspecified atom stereocenters. The maximum atomic E-state index is 13.7. The quantitative estimate of drug-likeness (QED) is 0.896. The number of carbonyl (C=O) groups is 1. The van der Waals surface area contributed by atoms with Crippen molar-refractivity contribution in [2.75, 3.05) is 18.4 Å². The number of fused-ring (bicyclic) bond motifs is 1. The van der Waals surface area contributed by atoms with Gasteiger partial charge in [0.2, 0.25) is 5.91 Å². The van der Waals surface area contributed by atoms with Gasteiger partial charge in [0.05, 0.1) is 12.2 Å². The van der Waals surface area contributed by atoms with Crippen molar-refractivity contribution in [3.8, 4) is 0 Å². The summed E-state index contributed by atoms with van der Waals surface area (Å²) in [7, 11) is 0. The zero-order chi connectivity index (χ0) is 14.8. The number of anilines is 1. The largest absolute Gasteiger partial charge is 0.374 e. The summed E-state index contributed by atoms with van der Waals surface area (Å²) in [5, 5.41) is 4.93. The lowest BCUT2D eigenvalue weighted by Crippen LogP contribution is -2.38. The van der Waals surface area contributed by atoms with Crippen LogP contribution < -0.4 is 5.32 Å². The lowest BCUT2D eigenvalue weighted by Gasteiger charge is -2.27. The number of amides is 1. The van der Waals surface area contributed by atoms with Gasteiger partial charge in [-0.3, -0.25) is 4.79 Å². The van der Waals surface area contributed by atoms with Crippen LogP contribution in [0.25, 0.3) is 0 Å². The van der Waals surface area contributed by atoms with E-state index in [0.717, 1.165) is 13.0 Å². The van der Waals surface area contributed by atoms with Gasteiger partial charge < -0.3 is 10.2 Å². The molecule has 0 spiro atoms. The number of carbonyl (C=O) groups excluding carboxylic acids is 1. The van der Waals surface area contributed by atoms with Crippen molar-refractivity contribution in [2.24, 2.45) is 0 Å². The fourth-order valence-corrected chi connectivity index (χ4v) is 3.60. The Hall–Kier alpha value is -1.40. The second-order valence-electron chi connectivity index (χ2n) is 4.91. The average Bonchev–Trinajstić information content (AvgIpc) is 2.93. The van der Waals surface area contributed by atoms with Gasteiger partial charge >= 0.3 is 0 Å². The number of nitrogens with one attached hydrogen (secondary N) is 1. The van der Waals surface area contributed by atoms with Crippen LogP contribution in [-0.4, -0.2) is 23.9 Å². The average molecular weight is 369 g/mol. The van der Waals surface area contributed by atoms with Gasteiger partial charge in [0.15, 0.2) is 0 Å². The third kappa shape index (κ3) is 3.27. The minimum atomic E-state index is -0.365. The summed E-state index contributed by atoms with van der Waals surface area (Å²) in [5.74, 6) is -0.370. The molecule has 6 heteroatoms. The van der Waals surface area contributed by atoms with Gasteiger partial charge in [0, 0.05) is 22.4 Å². The van der Waals surface area contributed by atoms with E-state index in [-0.39, 0.29) is 18.3 Å². The Balaban J connectivity index is 1.60. The highest BCUT2D eigenvalue weighted by Gasteiger charge is 2.21. The molecule has 0 saturated heterocycles. The molecule has 1 N–H and O–H groups in total. The van der Waals surface area contributed by atoms with Crippen molar-refractivity contribution in [1.82, 2.24) is 4.90 Å². The van der Waals surface area contributed by atoms with Gasteiger partial charge in [-0.15, -0.1) is 11.3 Å². The van der Waals surface area contributed by atoms with E-state index in [9.17, 15) is 9.18 Å². The van der Waals surface area contributed by atoms with E-state index in [1.165, 1.54) is 16.5 Å². The Bertz CT molecular complexity index is 673. The molecule has 1 aromatic carbocycles. The van der Waals surface area contributed by atoms with E-state index in [4.69, 9.17) is 0 Å². The van der Waals surface area contributed by atoms with Crippen molar-refractivity contribution < 1.29 is 9.18 Å². The molecule has 3 rings (SSSR count). The molecule has 1 amide bonds. The van der Waals surface area contributed by atoms with Crippen LogP contribution in [0.4, 0.5) is 10.1 Å². The van der Waals surface area contributed by atoms with Crippen LogP contribution in [0.2, 0.25) is 0 Å². The first kappa shape index (κ1) is 14.5. The monoisotopic (exact) mass is 368 g/mol. The normalized spacial score (nSPS) is 13.9. The molecular weight excluding hydrogens is 355 g/mol. The lowest BCUT2D eigenvalue weighted by molar-refractivity contribution is -0.130. The van der Waals surface area contributed by atoms with Crippen molar-refractivity contribution >= 4 is 38.9 Å². The third-order valence-corrected chi connectivity index (χ3v) is 5.04. The standard InChI is InChI=1S/C15H14BrFN2OS/c16-11-1-2-13(12(17)7-11)18-8-15(20)19-5-3-14-10(9-19)4-6-21-14/h1-2,4,6-7,18H,3,5,8-9H2. The maximum Gasteiger partial charge on any atom is 0.242 e. The van der Waals surface area contributed by atoms with Crippen LogP contribution >= 0.6 is 27.3 Å². The zero-order valence-electron chi connectivity index (χ0n) is 11.2. The van der Waals surface area contributed by atoms with Crippen LogP contribution in [-0.2, 0) is 17.8 Å². The minimum absolute atomic E-state index is 0.00540. The SMILES string of the molecule is O=C(CNc1ccc(Br)cc1F)N1CCc2sccc2C1. The first-order valence-electron chi connectivity index (χ1n) is 6.65. The van der Waals surface area contributed by atoms with E-state index in [2.05, 4.69) is 32.7 Å². The second kappa shape index (κ2) is 6.15. The molecule has 2 aromatic rings. The highest BCUT2D eigenvalue weighted by atomic mass is 79.9. The first-order valence-corrected chi connectivity index (χ1v) is 8.32. The molecule has 0 radical (unpaired) electrons. The van der Waals surface area contributed by atoms with Gasteiger partial charge in [-0.1, -0.05) is 15.9 Å². The Kier molecular flexibility index (Phi) is 4.26. The van der Waals surface area contributed by atoms with Crippen molar-refractivity contribution in [3.63, 3.8) is 0 Å². The van der Waals surface area contributed by atoms with Gasteiger partial charge in [-0.25, -0.2) is 4.39 Å². The summed E-state index contributed by atoms with van der Waals surface area (Å²) in [4.78, 5) is 15.4. The van der Waals surface area contributed by atoms with Crippen LogP contribution in [0.15, 0.2) is 34.1 Å². The molecule has 1 aliphatic rings. The number of hydrogen-bond donors (Lipinski definition) is 1. The summed E-state index contributed by atoms with van der Waals surface area (Å²) in [5.41, 5.74) is 1.58. The molecule has 110 valence electrons. The van der Waals surface area contributed by atoms with E-state index in [1.54, 1.807) is 23.5 Å². The molecule has 21 heavy (non-hydrogen) atoms. The molecule has 0 bridgehead atoms. The summed E-state index contributed by atoms with van der Waals surface area (Å²) in [6, 6.07) is 6.82. The van der Waals surface area contributed by atoms with Gasteiger partial charge in [0.1, 0.15) is 5.82 Å². The molecule has 1 aromatic heterocycles. The molecule has 0 aliphatic carbocycles. The van der Waals surface area contributed by atoms with Crippen molar-refractivity contribution in [3.05, 3.63) is 50.4 Å². The highest BCUT2D eigenvalue weighted by Crippen LogP contribution is 2.24. The number of benzene rings is 1. The third-order valence-electron chi connectivity index (χ3n) is 3.52. The van der Waals surface area contributed by atoms with Crippen LogP contribution in [0.3, 0.4) is 0 Å². The smallest absolute Gasteiger partial charge is 0.242 e. The first-order chi connectivity index (χ1) is 10.1. The summed E-state index contributed by atoms with van der Waals surface area (Å²) in [6.07, 6.45) is 0.908. The fraction of sp³-hybridized carbons (Fsp3) is 0.267.